The van der Waals surface area contributed by atoms with Crippen LogP contribution in [0, 0.1) is 0 Å². The van der Waals surface area contributed by atoms with Crippen LogP contribution in [0.3, 0.4) is 0 Å². The maximum Gasteiger partial charge on any atom is 0.367 e. The van der Waals surface area contributed by atoms with Crippen molar-refractivity contribution >= 4 is 17.8 Å². The minimum absolute atomic E-state index is 0. The van der Waals surface area contributed by atoms with Crippen molar-refractivity contribution in [2.45, 2.75) is 89.0 Å². The van der Waals surface area contributed by atoms with Crippen LogP contribution in [0.15, 0.2) is 134 Å². The van der Waals surface area contributed by atoms with E-state index in [0.29, 0.717) is 26.4 Å². The van der Waals surface area contributed by atoms with Crippen LogP contribution in [0.5, 0.6) is 11.5 Å². The molecule has 4 aromatic carbocycles. The topological polar surface area (TPSA) is 207 Å². The quantitative estimate of drug-likeness (QED) is 0.128. The first-order chi connectivity index (χ1) is 32.6. The van der Waals surface area contributed by atoms with E-state index in [9.17, 15) is 19.5 Å². The highest BCUT2D eigenvalue weighted by atomic mass is 35.5. The predicted octanol–water partition coefficient (Wildman–Crippen LogP) is 1.76. The van der Waals surface area contributed by atoms with E-state index in [1.807, 2.05) is 128 Å². The average molecular weight is 959 g/mol. The Morgan fingerprint density at radius 1 is 0.632 bits per heavy atom. The Balaban J connectivity index is 0.000000264. The summed E-state index contributed by atoms with van der Waals surface area (Å²) in [5.74, 6) is -2.24. The summed E-state index contributed by atoms with van der Waals surface area (Å²) in [6.45, 7) is 5.35. The number of carbonyl (C=O) groups is 3. The molecule has 0 saturated carbocycles. The molecule has 5 aromatic rings. The Labute approximate surface area is 402 Å². The Hall–Kier alpha value is -5.95. The number of aromatic hydroxyl groups is 1. The van der Waals surface area contributed by atoms with Crippen LogP contribution in [0.25, 0.3) is 0 Å². The Morgan fingerprint density at radius 2 is 1.04 bits per heavy atom. The van der Waals surface area contributed by atoms with Crippen molar-refractivity contribution in [2.75, 3.05) is 33.5 Å². The van der Waals surface area contributed by atoms with Crippen LogP contribution in [0.1, 0.15) is 46.6 Å². The molecule has 2 aliphatic rings. The second-order valence-electron chi connectivity index (χ2n) is 16.0. The summed E-state index contributed by atoms with van der Waals surface area (Å²) < 4.78 is 52.6. The Bertz CT molecular complexity index is 2270. The van der Waals surface area contributed by atoms with Gasteiger partial charge < -0.3 is 71.2 Å². The fraction of sp³-hybridized carbons (Fsp3) is 0.373. The number of benzene rings is 4. The zero-order valence-electron chi connectivity index (χ0n) is 38.4. The molecule has 0 unspecified atom stereocenters. The number of hydrogen-bond acceptors (Lipinski definition) is 14. The summed E-state index contributed by atoms with van der Waals surface area (Å²) in [6, 6.07) is 38.8. The molecule has 3 heterocycles. The third kappa shape index (κ3) is 16.1. The second-order valence-corrected chi connectivity index (χ2v) is 16.0. The number of nitrogens with zero attached hydrogens (tertiary/aromatic N) is 1. The lowest BCUT2D eigenvalue weighted by Crippen LogP contribution is -3.00. The molecule has 16 nitrogen and oxygen atoms in total. The minimum Gasteiger partial charge on any atom is -1.00 e. The van der Waals surface area contributed by atoms with Crippen LogP contribution in [0.2, 0.25) is 0 Å². The maximum absolute atomic E-state index is 13.1. The second kappa shape index (κ2) is 27.8. The third-order valence-corrected chi connectivity index (χ3v) is 10.9. The SMILES string of the molecule is COc1ccnc(C(=O)N[C@H]2COC[C@H](OCc3ccccc3)[C@@H](OCc3ccccc3)[C@@H](C)OC2=O)c1O.C[C@H]1OC(=O)[C@H]([NH3+])COC[C@H](OCc2ccccc2)[C@H]1OCc1ccccc1.[Cl-]. The Morgan fingerprint density at radius 3 is 1.49 bits per heavy atom. The number of pyridine rings is 1. The van der Waals surface area contributed by atoms with Crippen molar-refractivity contribution in [2.24, 2.45) is 0 Å². The zero-order chi connectivity index (χ0) is 47.4. The van der Waals surface area contributed by atoms with Crippen LogP contribution >= 0.6 is 0 Å². The molecule has 8 atom stereocenters. The molecule has 0 aliphatic carbocycles. The highest BCUT2D eigenvalue weighted by Gasteiger charge is 2.38. The fourth-order valence-corrected chi connectivity index (χ4v) is 7.19. The molecule has 7 rings (SSSR count). The monoisotopic (exact) mass is 957 g/mol. The molecule has 1 amide bonds. The van der Waals surface area contributed by atoms with Crippen molar-refractivity contribution in [3.63, 3.8) is 0 Å². The molecule has 2 aliphatic heterocycles. The van der Waals surface area contributed by atoms with Crippen molar-refractivity contribution in [1.82, 2.24) is 10.3 Å². The standard InChI is InChI=1S/C29H32N2O8.C22H27NO5.ClH/c1-19-27(38-16-21-11-7-4-8-12-21)24(37-15-20-9-5-3-6-10-20)18-36-17-22(29(34)39-19)31-28(33)25-26(32)23(35-2)13-14-30-25;1-16-21(27-13-18-10-6-3-7-11-18)20(15-25-14-19(23)22(24)28-16)26-12-17-8-4-2-5-9-17;/h3-14,19,22,24,27,32H,15-18H2,1-2H3,(H,31,33);2-11,16,19-21H,12-15,23H2,1H3;1H/t19-,22+,24+,27+;16-,19-,20+,21+;/m11./s1. The van der Waals surface area contributed by atoms with Crippen molar-refractivity contribution in [3.05, 3.63) is 162 Å². The number of methoxy groups -OCH3 is 1. The molecule has 0 bridgehead atoms. The van der Waals surface area contributed by atoms with Gasteiger partial charge in [-0.05, 0) is 36.1 Å². The molecular formula is C51H60ClN3O13. The molecule has 1 aromatic heterocycles. The van der Waals surface area contributed by atoms with Gasteiger partial charge in [0.05, 0.1) is 53.4 Å². The van der Waals surface area contributed by atoms with Crippen LogP contribution in [-0.2, 0) is 73.9 Å². The lowest BCUT2D eigenvalue weighted by Gasteiger charge is -2.30. The van der Waals surface area contributed by atoms with Crippen molar-refractivity contribution in [3.8, 4) is 11.5 Å². The molecule has 5 N–H and O–H groups in total. The number of esters is 2. The highest BCUT2D eigenvalue weighted by molar-refractivity contribution is 5.98. The summed E-state index contributed by atoms with van der Waals surface area (Å²) >= 11 is 0. The van der Waals surface area contributed by atoms with Gasteiger partial charge in [-0.3, -0.25) is 4.79 Å². The van der Waals surface area contributed by atoms with Crippen LogP contribution < -0.4 is 28.2 Å². The number of amides is 1. The smallest absolute Gasteiger partial charge is 0.367 e. The number of cyclic esters (lactones) is 2. The van der Waals surface area contributed by atoms with E-state index in [0.717, 1.165) is 22.3 Å². The Kier molecular flexibility index (Phi) is 21.6. The summed E-state index contributed by atoms with van der Waals surface area (Å²) in [4.78, 5) is 42.0. The van der Waals surface area contributed by atoms with Gasteiger partial charge in [-0.15, -0.1) is 0 Å². The normalized spacial score (nSPS) is 23.1. The van der Waals surface area contributed by atoms with Gasteiger partial charge in [0.1, 0.15) is 43.2 Å². The number of carbonyl (C=O) groups excluding carboxylic acids is 3. The van der Waals surface area contributed by atoms with Gasteiger partial charge >= 0.3 is 11.9 Å². The molecule has 364 valence electrons. The van der Waals surface area contributed by atoms with Crippen molar-refractivity contribution in [1.29, 1.82) is 0 Å². The minimum atomic E-state index is -1.16. The number of halogens is 1. The van der Waals surface area contributed by atoms with Gasteiger partial charge in [-0.1, -0.05) is 121 Å². The molecule has 68 heavy (non-hydrogen) atoms. The number of nitrogens with one attached hydrogen (secondary N) is 1. The van der Waals surface area contributed by atoms with Gasteiger partial charge in [0, 0.05) is 12.3 Å². The van der Waals surface area contributed by atoms with Crippen LogP contribution in [-0.4, -0.2) is 110 Å². The fourth-order valence-electron chi connectivity index (χ4n) is 7.19. The highest BCUT2D eigenvalue weighted by Crippen LogP contribution is 2.28. The predicted molar refractivity (Wildman–Crippen MR) is 243 cm³/mol. The van der Waals surface area contributed by atoms with Gasteiger partial charge in [-0.25, -0.2) is 14.6 Å². The molecule has 17 heteroatoms. The van der Waals surface area contributed by atoms with E-state index in [4.69, 9.17) is 42.6 Å². The van der Waals surface area contributed by atoms with Gasteiger partial charge in [-0.2, -0.15) is 0 Å². The summed E-state index contributed by atoms with van der Waals surface area (Å²) in [7, 11) is 1.36. The molecule has 0 radical (unpaired) electrons. The first-order valence-electron chi connectivity index (χ1n) is 22.1. The number of rotatable bonds is 15. The van der Waals surface area contributed by atoms with Crippen LogP contribution in [0.4, 0.5) is 0 Å². The van der Waals surface area contributed by atoms with E-state index in [2.05, 4.69) is 16.0 Å². The molecule has 2 fully saturated rings. The number of quaternary nitrogens is 1. The van der Waals surface area contributed by atoms with E-state index in [1.165, 1.54) is 19.4 Å². The first-order valence-corrected chi connectivity index (χ1v) is 22.1. The number of ether oxygens (including phenoxy) is 9. The summed E-state index contributed by atoms with van der Waals surface area (Å²) in [5, 5.41) is 12.8. The average Bonchev–Trinajstić information content (AvgIpc) is 3.43. The molecule has 0 spiro atoms. The van der Waals surface area contributed by atoms with Gasteiger partial charge in [0.2, 0.25) is 6.04 Å². The molecule has 2 saturated heterocycles. The first kappa shape index (κ1) is 53.0. The third-order valence-electron chi connectivity index (χ3n) is 10.9. The maximum atomic E-state index is 13.1. The largest absolute Gasteiger partial charge is 1.00 e. The number of aromatic nitrogens is 1. The molecular weight excluding hydrogens is 898 g/mol. The van der Waals surface area contributed by atoms with Crippen molar-refractivity contribution < 1.29 is 80.3 Å². The van der Waals surface area contributed by atoms with Gasteiger partial charge in [0.15, 0.2) is 23.2 Å². The lowest BCUT2D eigenvalue weighted by atomic mass is 10.1. The van der Waals surface area contributed by atoms with E-state index in [1.54, 1.807) is 6.92 Å². The lowest BCUT2D eigenvalue weighted by molar-refractivity contribution is -0.415. The summed E-state index contributed by atoms with van der Waals surface area (Å²) in [5.41, 5.74) is 7.55. The van der Waals surface area contributed by atoms with E-state index >= 15 is 0 Å². The number of hydrogen-bond donors (Lipinski definition) is 3. The van der Waals surface area contributed by atoms with E-state index in [-0.39, 0.29) is 62.4 Å². The zero-order valence-corrected chi connectivity index (χ0v) is 39.1. The summed E-state index contributed by atoms with van der Waals surface area (Å²) in [6.07, 6.45) is -1.96. The van der Waals surface area contributed by atoms with E-state index < -0.39 is 60.2 Å². The van der Waals surface area contributed by atoms with Gasteiger partial charge in [0.25, 0.3) is 5.91 Å².